The number of aromatic nitrogens is 2. The first kappa shape index (κ1) is 27.6. The minimum absolute atomic E-state index is 0.106. The molecule has 1 aliphatic rings. The normalized spacial score (nSPS) is 15.2. The molecule has 2 N–H and O–H groups in total. The van der Waals surface area contributed by atoms with E-state index in [2.05, 4.69) is 10.4 Å². The van der Waals surface area contributed by atoms with E-state index in [1.165, 1.54) is 24.1 Å². The second kappa shape index (κ2) is 11.2. The highest BCUT2D eigenvalue weighted by atomic mass is 19.4. The van der Waals surface area contributed by atoms with Gasteiger partial charge in [-0.1, -0.05) is 0 Å². The van der Waals surface area contributed by atoms with Crippen LogP contribution in [0, 0.1) is 17.5 Å². The number of hydrogen-bond donors (Lipinski definition) is 2. The zero-order valence-corrected chi connectivity index (χ0v) is 20.4. The summed E-state index contributed by atoms with van der Waals surface area (Å²) in [6.45, 7) is -0.389. The number of aliphatic hydroxyl groups is 1. The number of amides is 1. The summed E-state index contributed by atoms with van der Waals surface area (Å²) in [5.74, 6) is -2.86. The lowest BCUT2D eigenvalue weighted by atomic mass is 9.95. The van der Waals surface area contributed by atoms with Crippen LogP contribution in [0.1, 0.15) is 35.4 Å². The number of rotatable bonds is 8. The van der Waals surface area contributed by atoms with Gasteiger partial charge in [0.25, 0.3) is 0 Å². The van der Waals surface area contributed by atoms with Gasteiger partial charge in [0.1, 0.15) is 23.7 Å². The van der Waals surface area contributed by atoms with Crippen LogP contribution >= 0.6 is 0 Å². The van der Waals surface area contributed by atoms with Crippen LogP contribution in [-0.2, 0) is 36.8 Å². The summed E-state index contributed by atoms with van der Waals surface area (Å²) in [7, 11) is 1.41. The number of nitrogens with zero attached hydrogens (tertiary/aromatic N) is 3. The molecule has 2 unspecified atom stereocenters. The first-order chi connectivity index (χ1) is 17.9. The van der Waals surface area contributed by atoms with Gasteiger partial charge in [0.2, 0.25) is 5.91 Å². The summed E-state index contributed by atoms with van der Waals surface area (Å²) < 4.78 is 82.7. The van der Waals surface area contributed by atoms with Crippen molar-refractivity contribution in [3.05, 3.63) is 82.4 Å². The number of carbonyl (C=O) groups excluding carboxylic acids is 1. The largest absolute Gasteiger partial charge is 0.435 e. The molecule has 2 atom stereocenters. The Balaban J connectivity index is 1.59. The molecule has 0 bridgehead atoms. The number of likely N-dealkylation sites (N-methyl/N-ethyl adjacent to an activating group) is 1. The van der Waals surface area contributed by atoms with E-state index in [9.17, 15) is 36.2 Å². The lowest BCUT2D eigenvalue weighted by Crippen LogP contribution is -2.51. The summed E-state index contributed by atoms with van der Waals surface area (Å²) in [6, 6.07) is 6.52. The third kappa shape index (κ3) is 6.36. The minimum Gasteiger partial charge on any atom is -0.377 e. The Morgan fingerprint density at radius 1 is 1.05 bits per heavy atom. The Kier molecular flexibility index (Phi) is 8.12. The van der Waals surface area contributed by atoms with E-state index in [1.807, 2.05) is 0 Å². The molecule has 0 spiro atoms. The van der Waals surface area contributed by atoms with Gasteiger partial charge in [0.05, 0.1) is 12.6 Å². The molecule has 3 aromatic rings. The molecule has 4 rings (SSSR count). The number of carbonyl (C=O) groups is 1. The molecule has 0 saturated carbocycles. The number of alkyl halides is 3. The van der Waals surface area contributed by atoms with Gasteiger partial charge in [0.15, 0.2) is 5.69 Å². The predicted octanol–water partition coefficient (Wildman–Crippen LogP) is 4.38. The van der Waals surface area contributed by atoms with Crippen molar-refractivity contribution in [2.75, 3.05) is 11.9 Å². The van der Waals surface area contributed by atoms with Crippen molar-refractivity contribution in [2.24, 2.45) is 0 Å². The molecule has 204 valence electrons. The maximum Gasteiger partial charge on any atom is 0.435 e. The van der Waals surface area contributed by atoms with Gasteiger partial charge in [-0.05, 0) is 74.1 Å². The first-order valence-electron chi connectivity index (χ1n) is 12.0. The Morgan fingerprint density at radius 3 is 2.32 bits per heavy atom. The number of anilines is 1. The first-order valence-corrected chi connectivity index (χ1v) is 12.0. The Hall–Kier alpha value is -3.38. The van der Waals surface area contributed by atoms with Gasteiger partial charge >= 0.3 is 6.18 Å². The van der Waals surface area contributed by atoms with Crippen LogP contribution < -0.4 is 10.2 Å². The minimum atomic E-state index is -4.65. The summed E-state index contributed by atoms with van der Waals surface area (Å²) >= 11 is 0. The summed E-state index contributed by atoms with van der Waals surface area (Å²) in [6.07, 6.45) is -4.57. The molecule has 12 heteroatoms. The van der Waals surface area contributed by atoms with Crippen molar-refractivity contribution in [2.45, 2.75) is 57.1 Å². The van der Waals surface area contributed by atoms with E-state index < -0.39 is 47.5 Å². The van der Waals surface area contributed by atoms with Crippen LogP contribution in [-0.4, -0.2) is 40.1 Å². The van der Waals surface area contributed by atoms with Gasteiger partial charge in [0, 0.05) is 30.1 Å². The van der Waals surface area contributed by atoms with Crippen molar-refractivity contribution in [3.8, 4) is 0 Å². The van der Waals surface area contributed by atoms with E-state index in [4.69, 9.17) is 0 Å². The van der Waals surface area contributed by atoms with Gasteiger partial charge in [-0.25, -0.2) is 13.2 Å². The maximum absolute atomic E-state index is 13.8. The number of nitrogens with one attached hydrogen (secondary N) is 1. The molecule has 0 radical (unpaired) electrons. The molecule has 6 nitrogen and oxygen atoms in total. The molecule has 1 amide bonds. The van der Waals surface area contributed by atoms with Gasteiger partial charge in [-0.3, -0.25) is 14.8 Å². The molecule has 38 heavy (non-hydrogen) atoms. The van der Waals surface area contributed by atoms with E-state index in [0.717, 1.165) is 28.9 Å². The SMILES string of the molecule is CN(C(=O)C(Cc1cc(F)cc(F)c1)NC(O)Cn1nc(C(F)(F)F)c2c1CCCC2)c1ccc(F)cc1. The molecular weight excluding hydrogens is 514 g/mol. The Bertz CT molecular complexity index is 1270. The highest BCUT2D eigenvalue weighted by Gasteiger charge is 2.39. The quantitative estimate of drug-likeness (QED) is 0.329. The second-order valence-corrected chi connectivity index (χ2v) is 9.25. The molecule has 0 fully saturated rings. The molecule has 0 saturated heterocycles. The van der Waals surface area contributed by atoms with Crippen LogP contribution in [0.3, 0.4) is 0 Å². The van der Waals surface area contributed by atoms with Gasteiger partial charge in [-0.15, -0.1) is 0 Å². The maximum atomic E-state index is 13.8. The fourth-order valence-electron chi connectivity index (χ4n) is 4.71. The van der Waals surface area contributed by atoms with Crippen LogP contribution in [0.2, 0.25) is 0 Å². The lowest BCUT2D eigenvalue weighted by molar-refractivity contribution is -0.142. The number of fused-ring (bicyclic) bond motifs is 1. The zero-order chi connectivity index (χ0) is 27.6. The average molecular weight is 541 g/mol. The lowest BCUT2D eigenvalue weighted by Gasteiger charge is -2.27. The van der Waals surface area contributed by atoms with Crippen LogP contribution in [0.5, 0.6) is 0 Å². The van der Waals surface area contributed by atoms with Crippen molar-refractivity contribution in [1.82, 2.24) is 15.1 Å². The van der Waals surface area contributed by atoms with E-state index in [-0.39, 0.29) is 30.5 Å². The Morgan fingerprint density at radius 2 is 1.68 bits per heavy atom. The molecule has 1 aliphatic carbocycles. The van der Waals surface area contributed by atoms with Gasteiger partial charge in [-0.2, -0.15) is 18.3 Å². The average Bonchev–Trinajstić information content (AvgIpc) is 3.21. The topological polar surface area (TPSA) is 70.4 Å². The van der Waals surface area contributed by atoms with Crippen LogP contribution in [0.15, 0.2) is 42.5 Å². The van der Waals surface area contributed by atoms with Crippen molar-refractivity contribution < 1.29 is 36.2 Å². The highest BCUT2D eigenvalue weighted by Crippen LogP contribution is 2.35. The monoisotopic (exact) mass is 540 g/mol. The summed E-state index contributed by atoms with van der Waals surface area (Å²) in [5, 5.41) is 17.2. The number of benzene rings is 2. The second-order valence-electron chi connectivity index (χ2n) is 9.25. The zero-order valence-electron chi connectivity index (χ0n) is 20.4. The highest BCUT2D eigenvalue weighted by molar-refractivity contribution is 5.96. The van der Waals surface area contributed by atoms with Crippen molar-refractivity contribution in [1.29, 1.82) is 0 Å². The fraction of sp³-hybridized carbons (Fsp3) is 0.385. The molecule has 0 aliphatic heterocycles. The van der Waals surface area contributed by atoms with E-state index >= 15 is 0 Å². The smallest absolute Gasteiger partial charge is 0.377 e. The molecular formula is C26H26F6N4O2. The van der Waals surface area contributed by atoms with Crippen LogP contribution in [0.25, 0.3) is 0 Å². The van der Waals surface area contributed by atoms with E-state index in [1.54, 1.807) is 0 Å². The summed E-state index contributed by atoms with van der Waals surface area (Å²) in [4.78, 5) is 14.5. The van der Waals surface area contributed by atoms with Gasteiger partial charge < -0.3 is 10.0 Å². The predicted molar refractivity (Wildman–Crippen MR) is 127 cm³/mol. The number of hydrogen-bond acceptors (Lipinski definition) is 4. The fourth-order valence-corrected chi connectivity index (χ4v) is 4.71. The molecule has 1 aromatic heterocycles. The van der Waals surface area contributed by atoms with Crippen molar-refractivity contribution >= 4 is 11.6 Å². The third-order valence-corrected chi connectivity index (χ3v) is 6.47. The Labute approximate surface area is 214 Å². The standard InChI is InChI=1S/C26H26F6N4O2/c1-35(19-8-6-16(27)7-9-19)25(38)21(12-15-10-17(28)13-18(29)11-15)33-23(37)14-36-22-5-3-2-4-20(22)24(34-36)26(30,31)32/h6-11,13,21,23,33,37H,2-5,12,14H2,1H3. The molecule has 1 heterocycles. The third-order valence-electron chi connectivity index (χ3n) is 6.47. The van der Waals surface area contributed by atoms with Crippen LogP contribution in [0.4, 0.5) is 32.0 Å². The van der Waals surface area contributed by atoms with Crippen molar-refractivity contribution in [3.63, 3.8) is 0 Å². The number of halogens is 6. The van der Waals surface area contributed by atoms with E-state index in [0.29, 0.717) is 36.7 Å². The molecule has 2 aromatic carbocycles. The summed E-state index contributed by atoms with van der Waals surface area (Å²) in [5.41, 5.74) is -0.0703. The number of aliphatic hydroxyl groups excluding tert-OH is 1.